The lowest BCUT2D eigenvalue weighted by molar-refractivity contribution is 0.100. The highest BCUT2D eigenvalue weighted by Gasteiger charge is 2.07. The summed E-state index contributed by atoms with van der Waals surface area (Å²) in [6.07, 6.45) is 1.35. The molecule has 13 heavy (non-hydrogen) atoms. The molecule has 0 atom stereocenters. The van der Waals surface area contributed by atoms with Gasteiger partial charge in [0.15, 0.2) is 0 Å². The summed E-state index contributed by atoms with van der Waals surface area (Å²) < 4.78 is 5.08. The Kier molecular flexibility index (Phi) is 2.69. The summed E-state index contributed by atoms with van der Waals surface area (Å²) in [6.45, 7) is 2.30. The lowest BCUT2D eigenvalue weighted by Gasteiger charge is -2.04. The van der Waals surface area contributed by atoms with Gasteiger partial charge < -0.3 is 16.2 Å². The highest BCUT2D eigenvalue weighted by molar-refractivity contribution is 5.97. The summed E-state index contributed by atoms with van der Waals surface area (Å²) in [6, 6.07) is 1.43. The molecule has 0 spiro atoms. The van der Waals surface area contributed by atoms with Crippen LogP contribution in [0.2, 0.25) is 0 Å². The van der Waals surface area contributed by atoms with Crippen LogP contribution in [0.15, 0.2) is 12.3 Å². The molecule has 5 heteroatoms. The molecule has 0 bridgehead atoms. The molecule has 0 aliphatic rings. The number of aromatic nitrogens is 1. The van der Waals surface area contributed by atoms with Gasteiger partial charge in [0.1, 0.15) is 0 Å². The lowest BCUT2D eigenvalue weighted by atomic mass is 10.2. The number of nitrogen functional groups attached to an aromatic ring is 1. The maximum atomic E-state index is 10.8. The number of amides is 1. The topological polar surface area (TPSA) is 91.2 Å². The SMILES string of the molecule is CCOc1cc(C(N)=O)c(N)cn1. The molecule has 1 heterocycles. The number of primary amides is 1. The number of nitrogens with two attached hydrogens (primary N) is 2. The number of carbonyl (C=O) groups is 1. The molecule has 5 nitrogen and oxygen atoms in total. The first-order valence-corrected chi connectivity index (χ1v) is 3.83. The summed E-state index contributed by atoms with van der Waals surface area (Å²) >= 11 is 0. The molecule has 1 rings (SSSR count). The quantitative estimate of drug-likeness (QED) is 0.694. The van der Waals surface area contributed by atoms with Crippen LogP contribution in [0.5, 0.6) is 5.88 Å². The largest absolute Gasteiger partial charge is 0.478 e. The van der Waals surface area contributed by atoms with Crippen LogP contribution in [0.25, 0.3) is 0 Å². The molecule has 0 saturated carbocycles. The monoisotopic (exact) mass is 181 g/mol. The molecule has 0 radical (unpaired) electrons. The first-order chi connectivity index (χ1) is 6.15. The fraction of sp³-hybridized carbons (Fsp3) is 0.250. The van der Waals surface area contributed by atoms with Gasteiger partial charge in [0.2, 0.25) is 5.88 Å². The Labute approximate surface area is 75.7 Å². The average molecular weight is 181 g/mol. The summed E-state index contributed by atoms with van der Waals surface area (Å²) in [4.78, 5) is 14.7. The number of carbonyl (C=O) groups excluding carboxylic acids is 1. The van der Waals surface area contributed by atoms with Gasteiger partial charge in [-0.15, -0.1) is 0 Å². The van der Waals surface area contributed by atoms with E-state index in [4.69, 9.17) is 16.2 Å². The Balaban J connectivity index is 3.04. The van der Waals surface area contributed by atoms with Crippen molar-refractivity contribution in [1.29, 1.82) is 0 Å². The first kappa shape index (κ1) is 9.31. The molecule has 0 aromatic carbocycles. The van der Waals surface area contributed by atoms with Gasteiger partial charge >= 0.3 is 0 Å². The lowest BCUT2D eigenvalue weighted by Crippen LogP contribution is -2.14. The number of ether oxygens (including phenoxy) is 1. The fourth-order valence-corrected chi connectivity index (χ4v) is 0.887. The van der Waals surface area contributed by atoms with Gasteiger partial charge in [-0.3, -0.25) is 4.79 Å². The zero-order valence-electron chi connectivity index (χ0n) is 7.28. The summed E-state index contributed by atoms with van der Waals surface area (Å²) in [5, 5.41) is 0. The van der Waals surface area contributed by atoms with Gasteiger partial charge in [0, 0.05) is 6.07 Å². The van der Waals surface area contributed by atoms with E-state index in [0.29, 0.717) is 12.5 Å². The molecular weight excluding hydrogens is 170 g/mol. The Bertz CT molecular complexity index is 325. The second-order valence-corrected chi connectivity index (χ2v) is 2.41. The van der Waals surface area contributed by atoms with Gasteiger partial charge in [-0.2, -0.15) is 0 Å². The second-order valence-electron chi connectivity index (χ2n) is 2.41. The smallest absolute Gasteiger partial charge is 0.251 e. The molecule has 1 aromatic heterocycles. The molecule has 0 aliphatic carbocycles. The van der Waals surface area contributed by atoms with Crippen molar-refractivity contribution < 1.29 is 9.53 Å². The molecular formula is C8H11N3O2. The van der Waals surface area contributed by atoms with Crippen LogP contribution < -0.4 is 16.2 Å². The minimum Gasteiger partial charge on any atom is -0.478 e. The van der Waals surface area contributed by atoms with E-state index < -0.39 is 5.91 Å². The third-order valence-corrected chi connectivity index (χ3v) is 1.47. The molecule has 4 N–H and O–H groups in total. The van der Waals surface area contributed by atoms with Crippen LogP contribution in [-0.4, -0.2) is 17.5 Å². The predicted molar refractivity (Wildman–Crippen MR) is 48.3 cm³/mol. The van der Waals surface area contributed by atoms with Crippen LogP contribution in [0.4, 0.5) is 5.69 Å². The average Bonchev–Trinajstić information content (AvgIpc) is 2.08. The van der Waals surface area contributed by atoms with Crippen molar-refractivity contribution in [1.82, 2.24) is 4.98 Å². The van der Waals surface area contributed by atoms with Gasteiger partial charge in [-0.05, 0) is 6.92 Å². The second kappa shape index (κ2) is 3.75. The highest BCUT2D eigenvalue weighted by Crippen LogP contribution is 2.15. The van der Waals surface area contributed by atoms with E-state index in [1.165, 1.54) is 12.3 Å². The Morgan fingerprint density at radius 2 is 2.38 bits per heavy atom. The number of nitrogens with zero attached hydrogens (tertiary/aromatic N) is 1. The molecule has 0 fully saturated rings. The summed E-state index contributed by atoms with van der Waals surface area (Å²) in [5.74, 6) is -0.230. The third kappa shape index (κ3) is 2.08. The number of hydrogen-bond donors (Lipinski definition) is 2. The Morgan fingerprint density at radius 3 is 2.92 bits per heavy atom. The van der Waals surface area contributed by atoms with Crippen LogP contribution in [0.3, 0.4) is 0 Å². The van der Waals surface area contributed by atoms with Crippen LogP contribution in [0.1, 0.15) is 17.3 Å². The maximum absolute atomic E-state index is 10.8. The van der Waals surface area contributed by atoms with Crippen molar-refractivity contribution in [3.63, 3.8) is 0 Å². The Morgan fingerprint density at radius 1 is 1.69 bits per heavy atom. The molecule has 1 amide bonds. The van der Waals surface area contributed by atoms with Crippen molar-refractivity contribution in [3.05, 3.63) is 17.8 Å². The molecule has 1 aromatic rings. The summed E-state index contributed by atoms with van der Waals surface area (Å²) in [7, 11) is 0. The van der Waals surface area contributed by atoms with Crippen LogP contribution in [0, 0.1) is 0 Å². The van der Waals surface area contributed by atoms with Gasteiger partial charge in [0.05, 0.1) is 24.1 Å². The van der Waals surface area contributed by atoms with E-state index in [1.54, 1.807) is 0 Å². The normalized spacial score (nSPS) is 9.62. The van der Waals surface area contributed by atoms with Crippen LogP contribution >= 0.6 is 0 Å². The van der Waals surface area contributed by atoms with E-state index >= 15 is 0 Å². The van der Waals surface area contributed by atoms with Crippen molar-refractivity contribution in [2.75, 3.05) is 12.3 Å². The maximum Gasteiger partial charge on any atom is 0.251 e. The minimum atomic E-state index is -0.583. The van der Waals surface area contributed by atoms with Crippen LogP contribution in [-0.2, 0) is 0 Å². The van der Waals surface area contributed by atoms with Crippen molar-refractivity contribution >= 4 is 11.6 Å². The predicted octanol–water partition coefficient (Wildman–Crippen LogP) is 0.161. The number of pyridine rings is 1. The Hall–Kier alpha value is -1.78. The number of hydrogen-bond acceptors (Lipinski definition) is 4. The highest BCUT2D eigenvalue weighted by atomic mass is 16.5. The molecule has 70 valence electrons. The number of rotatable bonds is 3. The zero-order chi connectivity index (χ0) is 9.84. The standard InChI is InChI=1S/C8H11N3O2/c1-2-13-7-3-5(8(10)12)6(9)4-11-7/h3-4H,2,9H2,1H3,(H2,10,12). The fourth-order valence-electron chi connectivity index (χ4n) is 0.887. The van der Waals surface area contributed by atoms with E-state index in [2.05, 4.69) is 4.98 Å². The van der Waals surface area contributed by atoms with Gasteiger partial charge in [-0.25, -0.2) is 4.98 Å². The van der Waals surface area contributed by atoms with Crippen molar-refractivity contribution in [2.45, 2.75) is 6.92 Å². The summed E-state index contributed by atoms with van der Waals surface area (Å²) in [5.41, 5.74) is 11.0. The van der Waals surface area contributed by atoms with E-state index in [-0.39, 0.29) is 11.3 Å². The molecule has 0 unspecified atom stereocenters. The molecule has 0 saturated heterocycles. The first-order valence-electron chi connectivity index (χ1n) is 3.83. The zero-order valence-corrected chi connectivity index (χ0v) is 7.28. The third-order valence-electron chi connectivity index (χ3n) is 1.47. The van der Waals surface area contributed by atoms with Crippen molar-refractivity contribution in [3.8, 4) is 5.88 Å². The van der Waals surface area contributed by atoms with Gasteiger partial charge in [0.25, 0.3) is 5.91 Å². The minimum absolute atomic E-state index is 0.235. The van der Waals surface area contributed by atoms with E-state index in [0.717, 1.165) is 0 Å². The van der Waals surface area contributed by atoms with E-state index in [1.807, 2.05) is 6.92 Å². The van der Waals surface area contributed by atoms with E-state index in [9.17, 15) is 4.79 Å². The van der Waals surface area contributed by atoms with Gasteiger partial charge in [-0.1, -0.05) is 0 Å². The molecule has 0 aliphatic heterocycles. The van der Waals surface area contributed by atoms with Crippen molar-refractivity contribution in [2.24, 2.45) is 5.73 Å². The number of anilines is 1.